The maximum absolute atomic E-state index is 12.1. The van der Waals surface area contributed by atoms with Gasteiger partial charge in [0.1, 0.15) is 0 Å². The fourth-order valence-electron chi connectivity index (χ4n) is 1.93. The third kappa shape index (κ3) is 6.34. The largest absolute Gasteiger partial charge is 0.399 e. The standard InChI is InChI=1S/C13H22N2O6S2/c14-11-2-3-12(13(10-11)23(20,21)9-6-17)15-4-1-7-22(18,19)8-5-16/h2-3,10,15-17H,1,4-9,14H2. The van der Waals surface area contributed by atoms with E-state index in [1.165, 1.54) is 18.2 Å². The van der Waals surface area contributed by atoms with Crippen LogP contribution in [-0.4, -0.2) is 64.1 Å². The minimum Gasteiger partial charge on any atom is -0.399 e. The van der Waals surface area contributed by atoms with Crippen LogP contribution >= 0.6 is 0 Å². The van der Waals surface area contributed by atoms with Crippen molar-refractivity contribution in [3.05, 3.63) is 18.2 Å². The molecule has 0 saturated carbocycles. The van der Waals surface area contributed by atoms with Crippen LogP contribution in [0.3, 0.4) is 0 Å². The minimum atomic E-state index is -3.68. The molecule has 1 rings (SSSR count). The molecule has 0 aliphatic heterocycles. The van der Waals surface area contributed by atoms with Gasteiger partial charge >= 0.3 is 0 Å². The lowest BCUT2D eigenvalue weighted by Crippen LogP contribution is -2.18. The van der Waals surface area contributed by atoms with E-state index in [1.54, 1.807) is 0 Å². The summed E-state index contributed by atoms with van der Waals surface area (Å²) in [5.41, 5.74) is 6.20. The fourth-order valence-corrected chi connectivity index (χ4v) is 4.25. The number of aliphatic hydroxyl groups is 2. The van der Waals surface area contributed by atoms with Crippen LogP contribution in [0.1, 0.15) is 6.42 Å². The summed E-state index contributed by atoms with van der Waals surface area (Å²) >= 11 is 0. The van der Waals surface area contributed by atoms with Crippen LogP contribution in [0, 0.1) is 0 Å². The predicted molar refractivity (Wildman–Crippen MR) is 88.8 cm³/mol. The summed E-state index contributed by atoms with van der Waals surface area (Å²) in [5, 5.41) is 20.4. The molecule has 10 heteroatoms. The number of rotatable bonds is 10. The zero-order valence-corrected chi connectivity index (χ0v) is 14.2. The molecule has 0 radical (unpaired) electrons. The maximum atomic E-state index is 12.1. The van der Waals surface area contributed by atoms with E-state index in [0.717, 1.165) is 0 Å². The Labute approximate surface area is 136 Å². The molecule has 0 aromatic heterocycles. The van der Waals surface area contributed by atoms with Crippen molar-refractivity contribution in [2.45, 2.75) is 11.3 Å². The van der Waals surface area contributed by atoms with E-state index in [-0.39, 0.29) is 35.1 Å². The zero-order valence-electron chi connectivity index (χ0n) is 12.6. The number of hydrogen-bond donors (Lipinski definition) is 4. The van der Waals surface area contributed by atoms with Gasteiger partial charge in [-0.15, -0.1) is 0 Å². The molecule has 0 heterocycles. The molecule has 8 nitrogen and oxygen atoms in total. The van der Waals surface area contributed by atoms with Crippen LogP contribution < -0.4 is 11.1 Å². The lowest BCUT2D eigenvalue weighted by atomic mass is 10.3. The highest BCUT2D eigenvalue weighted by atomic mass is 32.2. The minimum absolute atomic E-state index is 0.0234. The summed E-state index contributed by atoms with van der Waals surface area (Å²) in [6.45, 7) is -0.677. The maximum Gasteiger partial charge on any atom is 0.182 e. The summed E-state index contributed by atoms with van der Waals surface area (Å²) in [4.78, 5) is -0.0234. The molecular weight excluding hydrogens is 344 g/mol. The van der Waals surface area contributed by atoms with Crippen LogP contribution in [0.15, 0.2) is 23.1 Å². The van der Waals surface area contributed by atoms with Gasteiger partial charge in [0.05, 0.1) is 41.1 Å². The number of nitrogen functional groups attached to an aromatic ring is 1. The second-order valence-corrected chi connectivity index (χ2v) is 9.34. The number of aliphatic hydroxyl groups excluding tert-OH is 2. The van der Waals surface area contributed by atoms with Crippen LogP contribution in [0.2, 0.25) is 0 Å². The lowest BCUT2D eigenvalue weighted by Gasteiger charge is -2.13. The number of anilines is 2. The van der Waals surface area contributed by atoms with Crippen LogP contribution in [0.25, 0.3) is 0 Å². The van der Waals surface area contributed by atoms with Crippen LogP contribution in [0.4, 0.5) is 11.4 Å². The number of hydrogen-bond acceptors (Lipinski definition) is 8. The number of nitrogens with one attached hydrogen (secondary N) is 1. The summed E-state index contributed by atoms with van der Waals surface area (Å²) in [6.07, 6.45) is 0.270. The highest BCUT2D eigenvalue weighted by molar-refractivity contribution is 7.91. The van der Waals surface area contributed by atoms with Gasteiger partial charge in [0.2, 0.25) is 0 Å². The Hall–Kier alpha value is -1.36. The van der Waals surface area contributed by atoms with Gasteiger partial charge in [0, 0.05) is 12.2 Å². The molecule has 23 heavy (non-hydrogen) atoms. The first-order valence-electron chi connectivity index (χ1n) is 7.00. The molecule has 132 valence electrons. The molecule has 0 bridgehead atoms. The fraction of sp³-hybridized carbons (Fsp3) is 0.538. The van der Waals surface area contributed by atoms with Gasteiger partial charge in [-0.2, -0.15) is 0 Å². The van der Waals surface area contributed by atoms with Gasteiger partial charge in [-0.1, -0.05) is 0 Å². The van der Waals surface area contributed by atoms with Gasteiger partial charge in [0.15, 0.2) is 19.7 Å². The molecule has 0 saturated heterocycles. The molecule has 0 aliphatic carbocycles. The van der Waals surface area contributed by atoms with E-state index < -0.39 is 38.6 Å². The van der Waals surface area contributed by atoms with E-state index in [1.807, 2.05) is 0 Å². The average Bonchev–Trinajstić information content (AvgIpc) is 2.44. The van der Waals surface area contributed by atoms with Crippen molar-refractivity contribution in [2.75, 3.05) is 48.1 Å². The third-order valence-electron chi connectivity index (χ3n) is 3.05. The summed E-state index contributed by atoms with van der Waals surface area (Å²) in [6, 6.07) is 4.33. The van der Waals surface area contributed by atoms with E-state index in [4.69, 9.17) is 15.9 Å². The second kappa shape index (κ2) is 8.48. The first-order valence-corrected chi connectivity index (χ1v) is 10.5. The number of nitrogens with two attached hydrogens (primary N) is 1. The molecule has 0 spiro atoms. The van der Waals surface area contributed by atoms with Gasteiger partial charge in [-0.25, -0.2) is 16.8 Å². The second-order valence-electron chi connectivity index (χ2n) is 4.95. The Kier molecular flexibility index (Phi) is 7.26. The van der Waals surface area contributed by atoms with E-state index in [9.17, 15) is 16.8 Å². The Morgan fingerprint density at radius 1 is 1.00 bits per heavy atom. The summed E-state index contributed by atoms with van der Waals surface area (Å²) < 4.78 is 47.1. The molecule has 0 fully saturated rings. The normalized spacial score (nSPS) is 12.3. The highest BCUT2D eigenvalue weighted by Gasteiger charge is 2.19. The zero-order chi connectivity index (χ0) is 17.5. The van der Waals surface area contributed by atoms with Crippen molar-refractivity contribution in [1.29, 1.82) is 0 Å². The van der Waals surface area contributed by atoms with Crippen LogP contribution in [0.5, 0.6) is 0 Å². The van der Waals surface area contributed by atoms with Gasteiger partial charge in [0.25, 0.3) is 0 Å². The van der Waals surface area contributed by atoms with Gasteiger partial charge in [-0.05, 0) is 24.6 Å². The van der Waals surface area contributed by atoms with Crippen molar-refractivity contribution in [2.24, 2.45) is 0 Å². The van der Waals surface area contributed by atoms with E-state index >= 15 is 0 Å². The molecule has 0 unspecified atom stereocenters. The molecule has 0 atom stereocenters. The SMILES string of the molecule is Nc1ccc(NCCCS(=O)(=O)CCO)c(S(=O)(=O)CCO)c1. The highest BCUT2D eigenvalue weighted by Crippen LogP contribution is 2.25. The first kappa shape index (κ1) is 19.7. The Bertz CT molecular complexity index is 716. The van der Waals surface area contributed by atoms with Crippen molar-refractivity contribution in [1.82, 2.24) is 0 Å². The van der Waals surface area contributed by atoms with E-state index in [0.29, 0.717) is 5.69 Å². The molecule has 0 amide bonds. The predicted octanol–water partition coefficient (Wildman–Crippen LogP) is -0.756. The summed E-state index contributed by atoms with van der Waals surface area (Å²) in [5.74, 6) is -0.810. The van der Waals surface area contributed by atoms with Crippen molar-refractivity contribution in [3.63, 3.8) is 0 Å². The number of benzene rings is 1. The van der Waals surface area contributed by atoms with E-state index in [2.05, 4.69) is 5.32 Å². The molecular formula is C13H22N2O6S2. The lowest BCUT2D eigenvalue weighted by molar-refractivity contribution is 0.319. The average molecular weight is 366 g/mol. The van der Waals surface area contributed by atoms with Gasteiger partial charge in [-0.3, -0.25) is 0 Å². The molecule has 1 aromatic carbocycles. The third-order valence-corrected chi connectivity index (χ3v) is 6.49. The van der Waals surface area contributed by atoms with Gasteiger partial charge < -0.3 is 21.3 Å². The number of sulfone groups is 2. The van der Waals surface area contributed by atoms with Crippen molar-refractivity contribution < 1.29 is 27.0 Å². The van der Waals surface area contributed by atoms with Crippen molar-refractivity contribution >= 4 is 31.0 Å². The Morgan fingerprint density at radius 3 is 2.26 bits per heavy atom. The monoisotopic (exact) mass is 366 g/mol. The Morgan fingerprint density at radius 2 is 1.65 bits per heavy atom. The summed E-state index contributed by atoms with van der Waals surface area (Å²) in [7, 11) is -6.98. The van der Waals surface area contributed by atoms with Crippen molar-refractivity contribution in [3.8, 4) is 0 Å². The first-order chi connectivity index (χ1) is 10.7. The topological polar surface area (TPSA) is 147 Å². The quantitative estimate of drug-likeness (QED) is 0.312. The Balaban J connectivity index is 2.78. The molecule has 1 aromatic rings. The van der Waals surface area contributed by atoms with Crippen LogP contribution in [-0.2, 0) is 19.7 Å². The molecule has 5 N–H and O–H groups in total. The smallest absolute Gasteiger partial charge is 0.182 e. The molecule has 0 aliphatic rings.